The zero-order chi connectivity index (χ0) is 14.4. The number of aliphatic hydroxyl groups excluding tert-OH is 1. The largest absolute Gasteiger partial charge is 0.384 e. The molecule has 0 unspecified atom stereocenters. The second kappa shape index (κ2) is 7.83. The molecular weight excluding hydrogens is 266 g/mol. The molecule has 1 aromatic heterocycles. The molecule has 0 aromatic carbocycles. The summed E-state index contributed by atoms with van der Waals surface area (Å²) in [6.45, 7) is 3.23. The molecule has 0 saturated heterocycles. The van der Waals surface area contributed by atoms with Crippen LogP contribution in [0.1, 0.15) is 49.5 Å². The molecule has 0 spiro atoms. The quantitative estimate of drug-likeness (QED) is 0.858. The number of thiophene rings is 1. The van der Waals surface area contributed by atoms with E-state index in [9.17, 15) is 0 Å². The smallest absolute Gasteiger partial charge is 0.104 e. The topological polar surface area (TPSA) is 23.5 Å². The Hall–Kier alpha value is -0.820. The average Bonchev–Trinajstić information content (AvgIpc) is 2.92. The van der Waals surface area contributed by atoms with E-state index in [-0.39, 0.29) is 6.61 Å². The fourth-order valence-corrected chi connectivity index (χ4v) is 3.95. The molecule has 1 N–H and O–H groups in total. The highest BCUT2D eigenvalue weighted by Gasteiger charge is 2.23. The average molecular weight is 291 g/mol. The molecule has 1 aliphatic carbocycles. The van der Waals surface area contributed by atoms with Crippen LogP contribution in [0.2, 0.25) is 0 Å². The summed E-state index contributed by atoms with van der Waals surface area (Å²) in [4.78, 5) is 3.81. The summed E-state index contributed by atoms with van der Waals surface area (Å²) in [5.41, 5.74) is 1.08. The van der Waals surface area contributed by atoms with Gasteiger partial charge in [-0.15, -0.1) is 11.3 Å². The van der Waals surface area contributed by atoms with E-state index >= 15 is 0 Å². The van der Waals surface area contributed by atoms with Gasteiger partial charge in [0.1, 0.15) is 6.61 Å². The molecule has 110 valence electrons. The Labute approximate surface area is 126 Å². The maximum Gasteiger partial charge on any atom is 0.104 e. The van der Waals surface area contributed by atoms with Gasteiger partial charge in [0.25, 0.3) is 0 Å². The van der Waals surface area contributed by atoms with E-state index in [4.69, 9.17) is 5.11 Å². The molecule has 0 aliphatic heterocycles. The Balaban J connectivity index is 1.91. The van der Waals surface area contributed by atoms with Crippen molar-refractivity contribution >= 4 is 11.3 Å². The highest BCUT2D eigenvalue weighted by Crippen LogP contribution is 2.30. The minimum atomic E-state index is -0.0633. The lowest BCUT2D eigenvalue weighted by Crippen LogP contribution is -2.34. The first kappa shape index (κ1) is 15.6. The van der Waals surface area contributed by atoms with Crippen molar-refractivity contribution in [1.29, 1.82) is 0 Å². The first-order chi connectivity index (χ1) is 9.74. The Bertz CT molecular complexity index is 463. The Morgan fingerprint density at radius 2 is 2.10 bits per heavy atom. The van der Waals surface area contributed by atoms with Crippen LogP contribution in [-0.2, 0) is 6.54 Å². The van der Waals surface area contributed by atoms with Crippen molar-refractivity contribution in [3.05, 3.63) is 21.9 Å². The summed E-state index contributed by atoms with van der Waals surface area (Å²) < 4.78 is 0. The third-order valence-corrected chi connectivity index (χ3v) is 5.36. The third-order valence-electron chi connectivity index (χ3n) is 4.46. The molecule has 0 atom stereocenters. The van der Waals surface area contributed by atoms with Crippen molar-refractivity contribution in [3.8, 4) is 11.8 Å². The van der Waals surface area contributed by atoms with Gasteiger partial charge in [0.2, 0.25) is 0 Å². The highest BCUT2D eigenvalue weighted by atomic mass is 32.1. The lowest BCUT2D eigenvalue weighted by Gasteiger charge is -2.34. The Kier molecular flexibility index (Phi) is 6.09. The summed E-state index contributed by atoms with van der Waals surface area (Å²) in [6, 6.07) is 2.78. The summed E-state index contributed by atoms with van der Waals surface area (Å²) in [5.74, 6) is 6.75. The minimum absolute atomic E-state index is 0.0633. The van der Waals surface area contributed by atoms with Crippen LogP contribution in [0.5, 0.6) is 0 Å². The molecule has 1 fully saturated rings. The summed E-state index contributed by atoms with van der Waals surface area (Å²) >= 11 is 1.77. The van der Waals surface area contributed by atoms with E-state index in [0.717, 1.165) is 24.1 Å². The maximum absolute atomic E-state index is 8.81. The molecule has 3 heteroatoms. The molecular formula is C17H25NOS. The number of aliphatic hydroxyl groups is 1. The van der Waals surface area contributed by atoms with Gasteiger partial charge in [-0.25, -0.2) is 0 Å². The fraction of sp³-hybridized carbons (Fsp3) is 0.647. The van der Waals surface area contributed by atoms with Gasteiger partial charge in [-0.2, -0.15) is 0 Å². The molecule has 1 aliphatic rings. The van der Waals surface area contributed by atoms with E-state index in [1.54, 1.807) is 11.3 Å². The highest BCUT2D eigenvalue weighted by molar-refractivity contribution is 7.10. The van der Waals surface area contributed by atoms with Crippen LogP contribution in [0.25, 0.3) is 0 Å². The SMILES string of the molecule is CCC1CCC(N(C)Cc2sccc2C#CCO)CC1. The van der Waals surface area contributed by atoms with Gasteiger partial charge in [0, 0.05) is 23.0 Å². The van der Waals surface area contributed by atoms with Crippen molar-refractivity contribution in [1.82, 2.24) is 4.90 Å². The molecule has 0 radical (unpaired) electrons. The fourth-order valence-electron chi connectivity index (χ4n) is 3.06. The second-order valence-electron chi connectivity index (χ2n) is 5.72. The van der Waals surface area contributed by atoms with Gasteiger partial charge in [-0.3, -0.25) is 4.90 Å². The van der Waals surface area contributed by atoms with Crippen LogP contribution in [-0.4, -0.2) is 29.7 Å². The number of hydrogen-bond donors (Lipinski definition) is 1. The van der Waals surface area contributed by atoms with E-state index in [1.165, 1.54) is 37.0 Å². The predicted octanol–water partition coefficient (Wildman–Crippen LogP) is 3.49. The van der Waals surface area contributed by atoms with Gasteiger partial charge >= 0.3 is 0 Å². The lowest BCUT2D eigenvalue weighted by atomic mass is 9.84. The predicted molar refractivity (Wildman–Crippen MR) is 85.8 cm³/mol. The summed E-state index contributed by atoms with van der Waals surface area (Å²) in [6.07, 6.45) is 6.76. The van der Waals surface area contributed by atoms with E-state index in [0.29, 0.717) is 0 Å². The second-order valence-corrected chi connectivity index (χ2v) is 6.72. The van der Waals surface area contributed by atoms with E-state index < -0.39 is 0 Å². The van der Waals surface area contributed by atoms with E-state index in [2.05, 4.69) is 42.2 Å². The number of hydrogen-bond acceptors (Lipinski definition) is 3. The summed E-state index contributed by atoms with van der Waals surface area (Å²) in [7, 11) is 2.24. The molecule has 2 rings (SSSR count). The van der Waals surface area contributed by atoms with Crippen LogP contribution < -0.4 is 0 Å². The molecule has 2 nitrogen and oxygen atoms in total. The normalized spacial score (nSPS) is 22.6. The molecule has 1 aromatic rings. The van der Waals surface area contributed by atoms with Crippen LogP contribution >= 0.6 is 11.3 Å². The van der Waals surface area contributed by atoms with Crippen molar-refractivity contribution in [3.63, 3.8) is 0 Å². The molecule has 20 heavy (non-hydrogen) atoms. The van der Waals surface area contributed by atoms with Crippen molar-refractivity contribution in [2.45, 2.75) is 51.6 Å². The first-order valence-electron chi connectivity index (χ1n) is 7.61. The number of nitrogens with zero attached hydrogens (tertiary/aromatic N) is 1. The first-order valence-corrected chi connectivity index (χ1v) is 8.48. The van der Waals surface area contributed by atoms with Gasteiger partial charge in [0.15, 0.2) is 0 Å². The van der Waals surface area contributed by atoms with Crippen LogP contribution in [0.3, 0.4) is 0 Å². The molecule has 0 bridgehead atoms. The van der Waals surface area contributed by atoms with Gasteiger partial charge in [-0.1, -0.05) is 25.2 Å². The molecule has 0 amide bonds. The van der Waals surface area contributed by atoms with Crippen molar-refractivity contribution in [2.75, 3.05) is 13.7 Å². The van der Waals surface area contributed by atoms with Crippen LogP contribution in [0.15, 0.2) is 11.4 Å². The van der Waals surface area contributed by atoms with Gasteiger partial charge in [-0.05, 0) is 50.1 Å². The van der Waals surface area contributed by atoms with Gasteiger partial charge in [0.05, 0.1) is 0 Å². The third kappa shape index (κ3) is 4.09. The van der Waals surface area contributed by atoms with Gasteiger partial charge < -0.3 is 5.11 Å². The zero-order valence-corrected chi connectivity index (χ0v) is 13.4. The molecule has 1 saturated carbocycles. The number of rotatable bonds is 4. The van der Waals surface area contributed by atoms with E-state index in [1.807, 2.05) is 0 Å². The van der Waals surface area contributed by atoms with Crippen LogP contribution in [0.4, 0.5) is 0 Å². The lowest BCUT2D eigenvalue weighted by molar-refractivity contribution is 0.158. The standard InChI is InChI=1S/C17H25NOS/c1-3-14-6-8-16(9-7-14)18(2)13-17-15(5-4-11-19)10-12-20-17/h10,12,14,16,19H,3,6-9,11,13H2,1-2H3. The Morgan fingerprint density at radius 3 is 2.75 bits per heavy atom. The zero-order valence-electron chi connectivity index (χ0n) is 12.6. The summed E-state index contributed by atoms with van der Waals surface area (Å²) in [5, 5.41) is 10.9. The monoisotopic (exact) mass is 291 g/mol. The minimum Gasteiger partial charge on any atom is -0.384 e. The Morgan fingerprint density at radius 1 is 1.35 bits per heavy atom. The van der Waals surface area contributed by atoms with Crippen LogP contribution in [0, 0.1) is 17.8 Å². The maximum atomic E-state index is 8.81. The van der Waals surface area contributed by atoms with Crippen molar-refractivity contribution in [2.24, 2.45) is 5.92 Å². The molecule has 1 heterocycles. The van der Waals surface area contributed by atoms with Crippen molar-refractivity contribution < 1.29 is 5.11 Å².